The van der Waals surface area contributed by atoms with E-state index in [0.717, 1.165) is 5.56 Å². The van der Waals surface area contributed by atoms with Crippen molar-refractivity contribution in [3.05, 3.63) is 64.1 Å². The molecule has 0 heterocycles. The van der Waals surface area contributed by atoms with E-state index >= 15 is 0 Å². The van der Waals surface area contributed by atoms with Crippen LogP contribution >= 0.6 is 23.2 Å². The fourth-order valence-corrected chi connectivity index (χ4v) is 2.94. The van der Waals surface area contributed by atoms with Crippen molar-refractivity contribution in [2.24, 2.45) is 0 Å². The minimum Gasteiger partial charge on any atom is -0.207 e. The van der Waals surface area contributed by atoms with Crippen molar-refractivity contribution < 1.29 is 8.42 Å². The molecule has 2 aromatic rings. The Morgan fingerprint density at radius 1 is 0.947 bits per heavy atom. The third-order valence-corrected chi connectivity index (χ3v) is 4.37. The van der Waals surface area contributed by atoms with Gasteiger partial charge in [-0.1, -0.05) is 41.4 Å². The van der Waals surface area contributed by atoms with Crippen LogP contribution in [0.3, 0.4) is 0 Å². The van der Waals surface area contributed by atoms with Gasteiger partial charge in [-0.05, 0) is 35.9 Å². The molecule has 0 aliphatic carbocycles. The summed E-state index contributed by atoms with van der Waals surface area (Å²) in [6, 6.07) is 13.1. The van der Waals surface area contributed by atoms with Gasteiger partial charge in [-0.25, -0.2) is 13.1 Å². The third-order valence-electron chi connectivity index (χ3n) is 2.49. The Bertz CT molecular complexity index is 669. The average Bonchev–Trinajstić information content (AvgIpc) is 2.38. The largest absolute Gasteiger partial charge is 0.240 e. The van der Waals surface area contributed by atoms with Crippen LogP contribution < -0.4 is 4.72 Å². The first kappa shape index (κ1) is 14.3. The summed E-state index contributed by atoms with van der Waals surface area (Å²) in [7, 11) is -3.56. The highest BCUT2D eigenvalue weighted by atomic mass is 35.5. The summed E-state index contributed by atoms with van der Waals surface area (Å²) in [6.45, 7) is 0.200. The lowest BCUT2D eigenvalue weighted by Gasteiger charge is -2.07. The fraction of sp³-hybridized carbons (Fsp3) is 0.0769. The van der Waals surface area contributed by atoms with Crippen LogP contribution in [0.2, 0.25) is 10.0 Å². The lowest BCUT2D eigenvalue weighted by Crippen LogP contribution is -2.23. The SMILES string of the molecule is O=S(=O)(NCc1ccc(Cl)cc1)c1cccc(Cl)c1. The van der Waals surface area contributed by atoms with Crippen molar-refractivity contribution in [2.45, 2.75) is 11.4 Å². The van der Waals surface area contributed by atoms with Gasteiger partial charge < -0.3 is 0 Å². The predicted octanol–water partition coefficient (Wildman–Crippen LogP) is 3.47. The lowest BCUT2D eigenvalue weighted by atomic mass is 10.2. The Kier molecular flexibility index (Phi) is 4.47. The molecule has 0 atom stereocenters. The van der Waals surface area contributed by atoms with Gasteiger partial charge in [0.05, 0.1) is 4.90 Å². The highest BCUT2D eigenvalue weighted by molar-refractivity contribution is 7.89. The zero-order valence-corrected chi connectivity index (χ0v) is 12.1. The second-order valence-corrected chi connectivity index (χ2v) is 6.55. The Balaban J connectivity index is 2.12. The first-order chi connectivity index (χ1) is 8.97. The zero-order valence-electron chi connectivity index (χ0n) is 9.81. The molecule has 0 spiro atoms. The number of hydrogen-bond donors (Lipinski definition) is 1. The molecule has 0 aliphatic rings. The average molecular weight is 316 g/mol. The van der Waals surface area contributed by atoms with Crippen LogP contribution in [0, 0.1) is 0 Å². The highest BCUT2D eigenvalue weighted by Crippen LogP contribution is 2.16. The van der Waals surface area contributed by atoms with E-state index in [4.69, 9.17) is 23.2 Å². The van der Waals surface area contributed by atoms with E-state index in [2.05, 4.69) is 4.72 Å². The maximum atomic E-state index is 12.0. The van der Waals surface area contributed by atoms with E-state index in [-0.39, 0.29) is 11.4 Å². The van der Waals surface area contributed by atoms with Gasteiger partial charge in [0.2, 0.25) is 10.0 Å². The summed E-state index contributed by atoms with van der Waals surface area (Å²) in [5, 5.41) is 0.996. The van der Waals surface area contributed by atoms with Gasteiger partial charge in [0.1, 0.15) is 0 Å². The molecule has 2 rings (SSSR count). The smallest absolute Gasteiger partial charge is 0.207 e. The quantitative estimate of drug-likeness (QED) is 0.939. The molecule has 0 aromatic heterocycles. The first-order valence-electron chi connectivity index (χ1n) is 5.47. The predicted molar refractivity (Wildman–Crippen MR) is 76.9 cm³/mol. The van der Waals surface area contributed by atoms with Gasteiger partial charge in [-0.2, -0.15) is 0 Å². The summed E-state index contributed by atoms with van der Waals surface area (Å²) in [4.78, 5) is 0.147. The van der Waals surface area contributed by atoms with Gasteiger partial charge in [0.25, 0.3) is 0 Å². The summed E-state index contributed by atoms with van der Waals surface area (Å²) < 4.78 is 26.6. The molecule has 0 bridgehead atoms. The summed E-state index contributed by atoms with van der Waals surface area (Å²) in [5.74, 6) is 0. The number of halogens is 2. The standard InChI is InChI=1S/C13H11Cl2NO2S/c14-11-6-4-10(5-7-11)9-16-19(17,18)13-3-1-2-12(15)8-13/h1-8,16H,9H2. The first-order valence-corrected chi connectivity index (χ1v) is 7.71. The Morgan fingerprint density at radius 3 is 2.26 bits per heavy atom. The molecule has 1 N–H and O–H groups in total. The normalized spacial score (nSPS) is 11.5. The van der Waals surface area contributed by atoms with Gasteiger partial charge in [-0.3, -0.25) is 0 Å². The van der Waals surface area contributed by atoms with Crippen LogP contribution in [0.25, 0.3) is 0 Å². The zero-order chi connectivity index (χ0) is 13.9. The van der Waals surface area contributed by atoms with Gasteiger partial charge in [-0.15, -0.1) is 0 Å². The third kappa shape index (κ3) is 3.94. The molecule has 0 fully saturated rings. The number of sulfonamides is 1. The van der Waals surface area contributed by atoms with E-state index < -0.39 is 10.0 Å². The molecule has 0 saturated heterocycles. The van der Waals surface area contributed by atoms with E-state index in [1.165, 1.54) is 12.1 Å². The van der Waals surface area contributed by atoms with Crippen LogP contribution in [-0.4, -0.2) is 8.42 Å². The van der Waals surface area contributed by atoms with E-state index in [0.29, 0.717) is 10.0 Å². The molecule has 0 amide bonds. The molecule has 0 radical (unpaired) electrons. The van der Waals surface area contributed by atoms with Crippen LogP contribution in [0.5, 0.6) is 0 Å². The number of nitrogens with one attached hydrogen (secondary N) is 1. The molecule has 3 nitrogen and oxygen atoms in total. The molecule has 100 valence electrons. The van der Waals surface area contributed by atoms with Crippen molar-refractivity contribution >= 4 is 33.2 Å². The highest BCUT2D eigenvalue weighted by Gasteiger charge is 2.13. The molecular formula is C13H11Cl2NO2S. The monoisotopic (exact) mass is 315 g/mol. The Morgan fingerprint density at radius 2 is 1.63 bits per heavy atom. The van der Waals surface area contributed by atoms with E-state index in [1.54, 1.807) is 36.4 Å². The second kappa shape index (κ2) is 5.92. The summed E-state index contributed by atoms with van der Waals surface area (Å²) in [5.41, 5.74) is 0.829. The maximum Gasteiger partial charge on any atom is 0.240 e. The second-order valence-electron chi connectivity index (χ2n) is 3.91. The van der Waals surface area contributed by atoms with Crippen molar-refractivity contribution in [1.82, 2.24) is 4.72 Å². The number of hydrogen-bond acceptors (Lipinski definition) is 2. The molecule has 0 unspecified atom stereocenters. The number of benzene rings is 2. The molecule has 2 aromatic carbocycles. The van der Waals surface area contributed by atoms with Crippen LogP contribution in [0.15, 0.2) is 53.4 Å². The molecular weight excluding hydrogens is 305 g/mol. The molecule has 6 heteroatoms. The van der Waals surface area contributed by atoms with Crippen molar-refractivity contribution in [1.29, 1.82) is 0 Å². The summed E-state index contributed by atoms with van der Waals surface area (Å²) >= 11 is 11.5. The maximum absolute atomic E-state index is 12.0. The fourth-order valence-electron chi connectivity index (χ4n) is 1.50. The Hall–Kier alpha value is -1.07. The van der Waals surface area contributed by atoms with Gasteiger partial charge >= 0.3 is 0 Å². The molecule has 19 heavy (non-hydrogen) atoms. The number of rotatable bonds is 4. The minimum atomic E-state index is -3.56. The molecule has 0 saturated carbocycles. The van der Waals surface area contributed by atoms with E-state index in [9.17, 15) is 8.42 Å². The minimum absolute atomic E-state index is 0.147. The van der Waals surface area contributed by atoms with Gasteiger partial charge in [0.15, 0.2) is 0 Å². The van der Waals surface area contributed by atoms with Crippen LogP contribution in [0.4, 0.5) is 0 Å². The molecule has 0 aliphatic heterocycles. The van der Waals surface area contributed by atoms with Crippen LogP contribution in [0.1, 0.15) is 5.56 Å². The van der Waals surface area contributed by atoms with E-state index in [1.807, 2.05) is 0 Å². The van der Waals surface area contributed by atoms with Crippen molar-refractivity contribution in [3.63, 3.8) is 0 Å². The van der Waals surface area contributed by atoms with Crippen molar-refractivity contribution in [3.8, 4) is 0 Å². The van der Waals surface area contributed by atoms with Crippen molar-refractivity contribution in [2.75, 3.05) is 0 Å². The Labute approximate surface area is 122 Å². The van der Waals surface area contributed by atoms with Crippen LogP contribution in [-0.2, 0) is 16.6 Å². The van der Waals surface area contributed by atoms with Gasteiger partial charge in [0, 0.05) is 16.6 Å². The summed E-state index contributed by atoms with van der Waals surface area (Å²) in [6.07, 6.45) is 0. The topological polar surface area (TPSA) is 46.2 Å². The lowest BCUT2D eigenvalue weighted by molar-refractivity contribution is 0.581.